The quantitative estimate of drug-likeness (QED) is 0.754. The number of aromatic nitrogens is 2. The maximum Gasteiger partial charge on any atom is 0.244 e. The van der Waals surface area contributed by atoms with E-state index in [2.05, 4.69) is 14.9 Å². The van der Waals surface area contributed by atoms with Crippen molar-refractivity contribution in [3.05, 3.63) is 48.9 Å². The lowest BCUT2D eigenvalue weighted by molar-refractivity contribution is -0.131. The lowest BCUT2D eigenvalue weighted by atomic mass is 10.3. The maximum absolute atomic E-state index is 12.5. The number of anilines is 1. The number of pyridine rings is 2. The normalized spacial score (nSPS) is 15.3. The molecule has 3 rings (SSSR count). The van der Waals surface area contributed by atoms with Gasteiger partial charge in [-0.15, -0.1) is 0 Å². The molecular formula is C17H21N5O3S. The van der Waals surface area contributed by atoms with E-state index in [1.807, 2.05) is 18.2 Å². The Hall–Kier alpha value is -2.52. The molecule has 1 aliphatic heterocycles. The summed E-state index contributed by atoms with van der Waals surface area (Å²) in [6.45, 7) is 2.22. The van der Waals surface area contributed by atoms with Gasteiger partial charge < -0.3 is 9.80 Å². The lowest BCUT2D eigenvalue weighted by Crippen LogP contribution is -2.51. The molecule has 0 N–H and O–H groups in total. The van der Waals surface area contributed by atoms with Crippen molar-refractivity contribution in [2.45, 2.75) is 4.90 Å². The highest BCUT2D eigenvalue weighted by molar-refractivity contribution is 7.89. The van der Waals surface area contributed by atoms with Crippen LogP contribution in [0.2, 0.25) is 0 Å². The summed E-state index contributed by atoms with van der Waals surface area (Å²) < 4.78 is 26.0. The molecule has 138 valence electrons. The molecule has 8 nitrogen and oxygen atoms in total. The van der Waals surface area contributed by atoms with E-state index < -0.39 is 10.0 Å². The van der Waals surface area contributed by atoms with Crippen molar-refractivity contribution in [1.29, 1.82) is 0 Å². The van der Waals surface area contributed by atoms with E-state index in [1.165, 1.54) is 25.5 Å². The van der Waals surface area contributed by atoms with Crippen LogP contribution in [0.4, 0.5) is 5.82 Å². The first-order valence-electron chi connectivity index (χ1n) is 8.28. The van der Waals surface area contributed by atoms with Gasteiger partial charge in [0.15, 0.2) is 0 Å². The second kappa shape index (κ2) is 7.79. The molecule has 26 heavy (non-hydrogen) atoms. The van der Waals surface area contributed by atoms with Gasteiger partial charge in [0.05, 0.1) is 6.54 Å². The Balaban J connectivity index is 1.57. The lowest BCUT2D eigenvalue weighted by Gasteiger charge is -2.36. The fourth-order valence-electron chi connectivity index (χ4n) is 2.78. The number of amides is 1. The number of sulfonamides is 1. The minimum absolute atomic E-state index is 0.0790. The van der Waals surface area contributed by atoms with Crippen LogP contribution in [0.1, 0.15) is 0 Å². The highest BCUT2D eigenvalue weighted by atomic mass is 32.2. The summed E-state index contributed by atoms with van der Waals surface area (Å²) in [6.07, 6.45) is 4.53. The smallest absolute Gasteiger partial charge is 0.244 e. The standard InChI is InChI=1S/C17H21N5O3S/c1-20(26(24,25)15-5-4-7-18-13-15)14-17(23)22-11-9-21(10-12-22)16-6-2-3-8-19-16/h2-8,13H,9-12,14H2,1H3. The van der Waals surface area contributed by atoms with Crippen LogP contribution < -0.4 is 4.90 Å². The third kappa shape index (κ3) is 4.00. The van der Waals surface area contributed by atoms with Crippen LogP contribution in [0.25, 0.3) is 0 Å². The molecule has 2 aromatic heterocycles. The van der Waals surface area contributed by atoms with Crippen molar-refractivity contribution in [2.24, 2.45) is 0 Å². The van der Waals surface area contributed by atoms with E-state index in [4.69, 9.17) is 0 Å². The number of piperazine rings is 1. The van der Waals surface area contributed by atoms with Gasteiger partial charge in [-0.3, -0.25) is 9.78 Å². The fraction of sp³-hybridized carbons (Fsp3) is 0.353. The number of hydrogen-bond acceptors (Lipinski definition) is 6. The Kier molecular flexibility index (Phi) is 5.48. The minimum Gasteiger partial charge on any atom is -0.353 e. The van der Waals surface area contributed by atoms with E-state index in [0.29, 0.717) is 26.2 Å². The van der Waals surface area contributed by atoms with E-state index in [9.17, 15) is 13.2 Å². The van der Waals surface area contributed by atoms with Crippen molar-refractivity contribution in [2.75, 3.05) is 44.7 Å². The summed E-state index contributed by atoms with van der Waals surface area (Å²) in [5.74, 6) is 0.677. The topological polar surface area (TPSA) is 86.7 Å². The van der Waals surface area contributed by atoms with Crippen molar-refractivity contribution < 1.29 is 13.2 Å². The number of nitrogens with zero attached hydrogens (tertiary/aromatic N) is 5. The molecule has 1 fully saturated rings. The second-order valence-corrected chi connectivity index (χ2v) is 8.05. The van der Waals surface area contributed by atoms with Gasteiger partial charge >= 0.3 is 0 Å². The Labute approximate surface area is 153 Å². The molecule has 0 aromatic carbocycles. The Morgan fingerprint density at radius 3 is 2.50 bits per heavy atom. The van der Waals surface area contributed by atoms with Crippen LogP contribution in [-0.2, 0) is 14.8 Å². The van der Waals surface area contributed by atoms with Gasteiger partial charge in [-0.05, 0) is 24.3 Å². The SMILES string of the molecule is CN(CC(=O)N1CCN(c2ccccn2)CC1)S(=O)(=O)c1cccnc1. The average molecular weight is 375 g/mol. The largest absolute Gasteiger partial charge is 0.353 e. The van der Waals surface area contributed by atoms with Crippen LogP contribution in [-0.4, -0.2) is 73.3 Å². The van der Waals surface area contributed by atoms with E-state index in [-0.39, 0.29) is 17.3 Å². The zero-order chi connectivity index (χ0) is 18.6. The first kappa shape index (κ1) is 18.3. The van der Waals surface area contributed by atoms with Crippen molar-refractivity contribution in [1.82, 2.24) is 19.2 Å². The number of rotatable bonds is 5. The van der Waals surface area contributed by atoms with Crippen LogP contribution in [0.5, 0.6) is 0 Å². The molecular weight excluding hydrogens is 354 g/mol. The Morgan fingerprint density at radius 2 is 1.88 bits per heavy atom. The maximum atomic E-state index is 12.5. The van der Waals surface area contributed by atoms with Gasteiger partial charge in [0.2, 0.25) is 15.9 Å². The summed E-state index contributed by atoms with van der Waals surface area (Å²) >= 11 is 0. The summed E-state index contributed by atoms with van der Waals surface area (Å²) in [7, 11) is -2.32. The summed E-state index contributed by atoms with van der Waals surface area (Å²) in [6, 6.07) is 8.75. The van der Waals surface area contributed by atoms with Gasteiger partial charge in [0.25, 0.3) is 0 Å². The highest BCUT2D eigenvalue weighted by Gasteiger charge is 2.27. The number of hydrogen-bond donors (Lipinski definition) is 0. The van der Waals surface area contributed by atoms with E-state index in [0.717, 1.165) is 10.1 Å². The highest BCUT2D eigenvalue weighted by Crippen LogP contribution is 2.15. The molecule has 9 heteroatoms. The van der Waals surface area contributed by atoms with Crippen molar-refractivity contribution in [3.63, 3.8) is 0 Å². The van der Waals surface area contributed by atoms with Crippen LogP contribution in [0.3, 0.4) is 0 Å². The molecule has 0 saturated carbocycles. The molecule has 0 radical (unpaired) electrons. The number of carbonyl (C=O) groups excluding carboxylic acids is 1. The van der Waals surface area contributed by atoms with E-state index in [1.54, 1.807) is 17.2 Å². The molecule has 0 atom stereocenters. The third-order valence-corrected chi connectivity index (χ3v) is 6.09. The summed E-state index contributed by atoms with van der Waals surface area (Å²) in [5, 5.41) is 0. The second-order valence-electron chi connectivity index (χ2n) is 6.01. The predicted molar refractivity (Wildman–Crippen MR) is 97.1 cm³/mol. The van der Waals surface area contributed by atoms with Gasteiger partial charge in [-0.25, -0.2) is 13.4 Å². The molecule has 3 heterocycles. The molecule has 0 bridgehead atoms. The minimum atomic E-state index is -3.72. The van der Waals surface area contributed by atoms with Gasteiger partial charge in [-0.2, -0.15) is 4.31 Å². The molecule has 2 aromatic rings. The zero-order valence-electron chi connectivity index (χ0n) is 14.5. The summed E-state index contributed by atoms with van der Waals surface area (Å²) in [4.78, 5) is 24.5. The first-order valence-corrected chi connectivity index (χ1v) is 9.72. The van der Waals surface area contributed by atoms with Crippen LogP contribution >= 0.6 is 0 Å². The van der Waals surface area contributed by atoms with Crippen LogP contribution in [0.15, 0.2) is 53.8 Å². The third-order valence-electron chi connectivity index (χ3n) is 4.31. The monoisotopic (exact) mass is 375 g/mol. The number of carbonyl (C=O) groups is 1. The number of likely N-dealkylation sites (N-methyl/N-ethyl adjacent to an activating group) is 1. The van der Waals surface area contributed by atoms with Crippen LogP contribution in [0, 0.1) is 0 Å². The fourth-order valence-corrected chi connectivity index (χ4v) is 3.87. The molecule has 1 amide bonds. The molecule has 0 unspecified atom stereocenters. The van der Waals surface area contributed by atoms with Gasteiger partial charge in [-0.1, -0.05) is 6.07 Å². The van der Waals surface area contributed by atoms with Crippen molar-refractivity contribution >= 4 is 21.7 Å². The molecule has 0 aliphatic carbocycles. The Morgan fingerprint density at radius 1 is 1.12 bits per heavy atom. The van der Waals surface area contributed by atoms with Gasteiger partial charge in [0, 0.05) is 51.8 Å². The summed E-state index contributed by atoms with van der Waals surface area (Å²) in [5.41, 5.74) is 0. The van der Waals surface area contributed by atoms with E-state index >= 15 is 0 Å². The van der Waals surface area contributed by atoms with Crippen molar-refractivity contribution in [3.8, 4) is 0 Å². The average Bonchev–Trinajstić information content (AvgIpc) is 2.69. The molecule has 1 saturated heterocycles. The van der Waals surface area contributed by atoms with Gasteiger partial charge in [0.1, 0.15) is 10.7 Å². The predicted octanol–water partition coefficient (Wildman–Crippen LogP) is 0.446. The Bertz CT molecular complexity index is 837. The molecule has 0 spiro atoms. The first-order chi connectivity index (χ1) is 12.5. The molecule has 1 aliphatic rings. The zero-order valence-corrected chi connectivity index (χ0v) is 15.3.